The van der Waals surface area contributed by atoms with Gasteiger partial charge in [-0.2, -0.15) is 0 Å². The highest BCUT2D eigenvalue weighted by molar-refractivity contribution is 7.17. The molecule has 3 rings (SSSR count). The second-order valence-electron chi connectivity index (χ2n) is 7.24. The Hall–Kier alpha value is -2.74. The van der Waals surface area contributed by atoms with E-state index in [0.717, 1.165) is 29.7 Å². The monoisotopic (exact) mass is 402 g/mol. The third-order valence-electron chi connectivity index (χ3n) is 4.63. The van der Waals surface area contributed by atoms with Crippen LogP contribution in [0.15, 0.2) is 24.3 Å². The summed E-state index contributed by atoms with van der Waals surface area (Å²) >= 11 is 1.36. The van der Waals surface area contributed by atoms with Crippen molar-refractivity contribution in [2.45, 2.75) is 46.1 Å². The van der Waals surface area contributed by atoms with Crippen LogP contribution in [0.5, 0.6) is 0 Å². The number of benzene rings is 1. The van der Waals surface area contributed by atoms with Gasteiger partial charge in [-0.25, -0.2) is 4.79 Å². The maximum absolute atomic E-state index is 12.8. The molecule has 1 aliphatic carbocycles. The number of hydrogen-bond donors (Lipinski definition) is 1. The fraction of sp³-hybridized carbons (Fsp3) is 0.400. The normalized spacial score (nSPS) is 15.8. The molecule has 1 atom stereocenters. The van der Waals surface area contributed by atoms with E-state index in [1.807, 2.05) is 0 Å². The lowest BCUT2D eigenvalue weighted by Crippen LogP contribution is -2.19. The van der Waals surface area contributed by atoms with Crippen molar-refractivity contribution in [3.63, 3.8) is 0 Å². The van der Waals surface area contributed by atoms with E-state index in [-0.39, 0.29) is 17.4 Å². The molecular formula is C20H22N2O5S. The molecule has 1 aliphatic rings. The van der Waals surface area contributed by atoms with E-state index in [1.165, 1.54) is 29.5 Å². The van der Waals surface area contributed by atoms with E-state index in [2.05, 4.69) is 12.2 Å². The van der Waals surface area contributed by atoms with Gasteiger partial charge in [0.25, 0.3) is 11.6 Å². The van der Waals surface area contributed by atoms with Crippen LogP contribution in [0.25, 0.3) is 0 Å². The molecule has 7 nitrogen and oxygen atoms in total. The molecule has 1 heterocycles. The van der Waals surface area contributed by atoms with Gasteiger partial charge in [-0.3, -0.25) is 14.9 Å². The van der Waals surface area contributed by atoms with Crippen LogP contribution in [-0.4, -0.2) is 22.9 Å². The van der Waals surface area contributed by atoms with Crippen molar-refractivity contribution >= 4 is 33.9 Å². The SMILES string of the molecule is CC1CCc2c(sc(NC(=O)c3ccccc3[N+](=O)[O-])c2C(=O)OC(C)C)C1. The van der Waals surface area contributed by atoms with Gasteiger partial charge in [-0.05, 0) is 50.7 Å². The fourth-order valence-electron chi connectivity index (χ4n) is 3.32. The van der Waals surface area contributed by atoms with Crippen LogP contribution in [0.2, 0.25) is 0 Å². The van der Waals surface area contributed by atoms with Gasteiger partial charge >= 0.3 is 5.97 Å². The summed E-state index contributed by atoms with van der Waals surface area (Å²) in [5.41, 5.74) is 0.982. The number of hydrogen-bond acceptors (Lipinski definition) is 6. The van der Waals surface area contributed by atoms with Crippen molar-refractivity contribution in [3.8, 4) is 0 Å². The van der Waals surface area contributed by atoms with Crippen molar-refractivity contribution in [3.05, 3.63) is 55.9 Å². The molecule has 0 radical (unpaired) electrons. The Morgan fingerprint density at radius 2 is 2.04 bits per heavy atom. The highest BCUT2D eigenvalue weighted by Crippen LogP contribution is 2.40. The molecule has 148 valence electrons. The Bertz CT molecular complexity index is 935. The highest BCUT2D eigenvalue weighted by atomic mass is 32.1. The van der Waals surface area contributed by atoms with Crippen LogP contribution in [0, 0.1) is 16.0 Å². The maximum atomic E-state index is 12.8. The number of esters is 1. The van der Waals surface area contributed by atoms with Crippen LogP contribution < -0.4 is 5.32 Å². The van der Waals surface area contributed by atoms with Crippen LogP contribution >= 0.6 is 11.3 Å². The van der Waals surface area contributed by atoms with Gasteiger partial charge in [0.05, 0.1) is 16.6 Å². The Kier molecular flexibility index (Phi) is 5.79. The molecular weight excluding hydrogens is 380 g/mol. The molecule has 2 aromatic rings. The summed E-state index contributed by atoms with van der Waals surface area (Å²) in [6.07, 6.45) is 2.26. The number of nitrogens with one attached hydrogen (secondary N) is 1. The van der Waals surface area contributed by atoms with Gasteiger partial charge in [0.2, 0.25) is 0 Å². The number of thiophene rings is 1. The number of fused-ring (bicyclic) bond motifs is 1. The van der Waals surface area contributed by atoms with Gasteiger partial charge in [-0.15, -0.1) is 11.3 Å². The zero-order valence-corrected chi connectivity index (χ0v) is 16.8. The number of ether oxygens (including phenoxy) is 1. The fourth-order valence-corrected chi connectivity index (χ4v) is 4.72. The summed E-state index contributed by atoms with van der Waals surface area (Å²) in [7, 11) is 0. The van der Waals surface area contributed by atoms with Gasteiger partial charge < -0.3 is 10.1 Å². The van der Waals surface area contributed by atoms with E-state index < -0.39 is 16.8 Å². The molecule has 1 amide bonds. The molecule has 0 saturated heterocycles. The topological polar surface area (TPSA) is 98.5 Å². The van der Waals surface area contributed by atoms with E-state index in [4.69, 9.17) is 4.74 Å². The molecule has 1 unspecified atom stereocenters. The van der Waals surface area contributed by atoms with E-state index in [1.54, 1.807) is 19.9 Å². The number of carbonyl (C=O) groups is 2. The summed E-state index contributed by atoms with van der Waals surface area (Å²) in [5, 5.41) is 14.3. The number of carbonyl (C=O) groups excluding carboxylic acids is 2. The van der Waals surface area contributed by atoms with Crippen molar-refractivity contribution < 1.29 is 19.2 Å². The summed E-state index contributed by atoms with van der Waals surface area (Å²) in [6.45, 7) is 5.69. The molecule has 0 aliphatic heterocycles. The first kappa shape index (κ1) is 20.0. The van der Waals surface area contributed by atoms with E-state index in [0.29, 0.717) is 16.5 Å². The summed E-state index contributed by atoms with van der Waals surface area (Å²) in [5.74, 6) is -0.587. The third-order valence-corrected chi connectivity index (χ3v) is 5.80. The van der Waals surface area contributed by atoms with Gasteiger partial charge in [0.1, 0.15) is 10.6 Å². The molecule has 0 saturated carbocycles. The summed E-state index contributed by atoms with van der Waals surface area (Å²) in [4.78, 5) is 37.2. The first-order chi connectivity index (χ1) is 13.3. The van der Waals surface area contributed by atoms with Crippen molar-refractivity contribution in [1.82, 2.24) is 0 Å². The predicted octanol–water partition coefficient (Wildman–Crippen LogP) is 4.60. The van der Waals surface area contributed by atoms with Gasteiger partial charge in [-0.1, -0.05) is 19.1 Å². The molecule has 0 spiro atoms. The average molecular weight is 402 g/mol. The lowest BCUT2D eigenvalue weighted by molar-refractivity contribution is -0.385. The predicted molar refractivity (Wildman–Crippen MR) is 107 cm³/mol. The van der Waals surface area contributed by atoms with Crippen LogP contribution in [-0.2, 0) is 17.6 Å². The van der Waals surface area contributed by atoms with Crippen LogP contribution in [0.3, 0.4) is 0 Å². The Morgan fingerprint density at radius 3 is 2.71 bits per heavy atom. The minimum Gasteiger partial charge on any atom is -0.459 e. The molecule has 8 heteroatoms. The number of para-hydroxylation sites is 1. The molecule has 1 aromatic heterocycles. The summed E-state index contributed by atoms with van der Waals surface area (Å²) in [6, 6.07) is 5.75. The molecule has 28 heavy (non-hydrogen) atoms. The quantitative estimate of drug-likeness (QED) is 0.448. The van der Waals surface area contributed by atoms with Crippen molar-refractivity contribution in [2.24, 2.45) is 5.92 Å². The standard InChI is InChI=1S/C20H22N2O5S/c1-11(2)27-20(24)17-14-9-8-12(3)10-16(14)28-19(17)21-18(23)13-6-4-5-7-15(13)22(25)26/h4-7,11-12H,8-10H2,1-3H3,(H,21,23). The average Bonchev–Trinajstić information content (AvgIpc) is 2.97. The van der Waals surface area contributed by atoms with Crippen LogP contribution in [0.4, 0.5) is 10.7 Å². The minimum atomic E-state index is -0.613. The third kappa shape index (κ3) is 4.06. The zero-order valence-electron chi connectivity index (χ0n) is 16.0. The number of rotatable bonds is 5. The smallest absolute Gasteiger partial charge is 0.341 e. The number of anilines is 1. The molecule has 1 N–H and O–H groups in total. The van der Waals surface area contributed by atoms with Crippen molar-refractivity contribution in [2.75, 3.05) is 5.32 Å². The lowest BCUT2D eigenvalue weighted by Gasteiger charge is -2.18. The largest absolute Gasteiger partial charge is 0.459 e. The molecule has 0 bridgehead atoms. The van der Waals surface area contributed by atoms with Crippen molar-refractivity contribution in [1.29, 1.82) is 0 Å². The number of nitrogens with zero attached hydrogens (tertiary/aromatic N) is 1. The lowest BCUT2D eigenvalue weighted by atomic mass is 9.88. The van der Waals surface area contributed by atoms with Gasteiger partial charge in [0, 0.05) is 10.9 Å². The number of nitro benzene ring substituents is 1. The number of nitro groups is 1. The summed E-state index contributed by atoms with van der Waals surface area (Å²) < 4.78 is 5.39. The van der Waals surface area contributed by atoms with Crippen LogP contribution in [0.1, 0.15) is 58.3 Å². The molecule has 1 aromatic carbocycles. The van der Waals surface area contributed by atoms with E-state index in [9.17, 15) is 19.7 Å². The minimum absolute atomic E-state index is 0.0459. The maximum Gasteiger partial charge on any atom is 0.341 e. The number of amides is 1. The Labute approximate surface area is 166 Å². The Morgan fingerprint density at radius 1 is 1.32 bits per heavy atom. The highest BCUT2D eigenvalue weighted by Gasteiger charge is 2.30. The first-order valence-corrected chi connectivity index (χ1v) is 9.99. The van der Waals surface area contributed by atoms with E-state index >= 15 is 0 Å². The Balaban J connectivity index is 1.99. The zero-order chi connectivity index (χ0) is 20.4. The second-order valence-corrected chi connectivity index (χ2v) is 8.34. The second kappa shape index (κ2) is 8.10. The first-order valence-electron chi connectivity index (χ1n) is 9.18. The van der Waals surface area contributed by atoms with Gasteiger partial charge in [0.15, 0.2) is 0 Å². The molecule has 0 fully saturated rings.